The summed E-state index contributed by atoms with van der Waals surface area (Å²) < 4.78 is 0. The Balaban J connectivity index is 2.25. The van der Waals surface area contributed by atoms with Crippen LogP contribution in [0.4, 0.5) is 0 Å². The lowest BCUT2D eigenvalue weighted by Gasteiger charge is -2.20. The van der Waals surface area contributed by atoms with E-state index in [2.05, 4.69) is 68.7 Å². The molecule has 0 aromatic heterocycles. The summed E-state index contributed by atoms with van der Waals surface area (Å²) in [6.07, 6.45) is 0.904. The second kappa shape index (κ2) is 6.00. The van der Waals surface area contributed by atoms with Crippen LogP contribution in [-0.2, 0) is 6.42 Å². The van der Waals surface area contributed by atoms with Crippen molar-refractivity contribution in [2.24, 2.45) is 5.84 Å². The van der Waals surface area contributed by atoms with Crippen molar-refractivity contribution >= 4 is 0 Å². The molecule has 0 bridgehead atoms. The van der Waals surface area contributed by atoms with E-state index in [1.807, 2.05) is 0 Å². The molecule has 1 atom stereocenters. The van der Waals surface area contributed by atoms with Gasteiger partial charge in [-0.1, -0.05) is 48.0 Å². The van der Waals surface area contributed by atoms with Crippen molar-refractivity contribution in [2.45, 2.75) is 33.2 Å². The molecule has 0 amide bonds. The lowest BCUT2D eigenvalue weighted by Crippen LogP contribution is -2.30. The summed E-state index contributed by atoms with van der Waals surface area (Å²) in [5.41, 5.74) is 9.44. The highest BCUT2D eigenvalue weighted by Crippen LogP contribution is 2.23. The minimum Gasteiger partial charge on any atom is -0.271 e. The van der Waals surface area contributed by atoms with Gasteiger partial charge in [0.1, 0.15) is 0 Å². The van der Waals surface area contributed by atoms with Gasteiger partial charge in [-0.2, -0.15) is 0 Å². The Morgan fingerprint density at radius 3 is 2.32 bits per heavy atom. The van der Waals surface area contributed by atoms with Crippen LogP contribution in [0.1, 0.15) is 33.9 Å². The quantitative estimate of drug-likeness (QED) is 0.648. The van der Waals surface area contributed by atoms with Crippen molar-refractivity contribution in [3.8, 4) is 0 Å². The van der Waals surface area contributed by atoms with Crippen LogP contribution >= 0.6 is 0 Å². The number of hydrogen-bond donors (Lipinski definition) is 2. The first-order chi connectivity index (χ1) is 9.11. The summed E-state index contributed by atoms with van der Waals surface area (Å²) in [7, 11) is 0. The van der Waals surface area contributed by atoms with E-state index in [0.717, 1.165) is 6.42 Å². The van der Waals surface area contributed by atoms with Gasteiger partial charge in [-0.3, -0.25) is 11.3 Å². The van der Waals surface area contributed by atoms with Crippen molar-refractivity contribution in [1.82, 2.24) is 5.43 Å². The molecular formula is C17H22N2. The molecule has 2 aromatic rings. The standard InChI is InChI=1S/C17H22N2/c1-12-7-9-15(10-8-12)11-17(19-18)16-6-4-5-13(2)14(16)3/h4-10,17,19H,11,18H2,1-3H3. The maximum Gasteiger partial charge on any atom is 0.0503 e. The molecule has 0 spiro atoms. The summed E-state index contributed by atoms with van der Waals surface area (Å²) in [6.45, 7) is 6.40. The van der Waals surface area contributed by atoms with Crippen LogP contribution in [0.5, 0.6) is 0 Å². The molecule has 0 saturated carbocycles. The first kappa shape index (κ1) is 13.8. The van der Waals surface area contributed by atoms with E-state index in [1.54, 1.807) is 0 Å². The molecule has 2 nitrogen and oxygen atoms in total. The van der Waals surface area contributed by atoms with Gasteiger partial charge in [-0.05, 0) is 49.4 Å². The van der Waals surface area contributed by atoms with Gasteiger partial charge in [0.15, 0.2) is 0 Å². The summed E-state index contributed by atoms with van der Waals surface area (Å²) in [5.74, 6) is 5.75. The summed E-state index contributed by atoms with van der Waals surface area (Å²) >= 11 is 0. The van der Waals surface area contributed by atoms with Crippen LogP contribution < -0.4 is 11.3 Å². The molecule has 0 aliphatic carbocycles. The zero-order valence-electron chi connectivity index (χ0n) is 11.9. The van der Waals surface area contributed by atoms with Gasteiger partial charge < -0.3 is 0 Å². The Morgan fingerprint density at radius 1 is 1.00 bits per heavy atom. The number of nitrogens with one attached hydrogen (secondary N) is 1. The predicted octanol–water partition coefficient (Wildman–Crippen LogP) is 3.36. The summed E-state index contributed by atoms with van der Waals surface area (Å²) in [6, 6.07) is 15.2. The van der Waals surface area contributed by atoms with Crippen LogP contribution in [0.15, 0.2) is 42.5 Å². The van der Waals surface area contributed by atoms with Crippen molar-refractivity contribution in [2.75, 3.05) is 0 Å². The molecule has 3 N–H and O–H groups in total. The number of hydrogen-bond acceptors (Lipinski definition) is 2. The van der Waals surface area contributed by atoms with Gasteiger partial charge in [0.2, 0.25) is 0 Å². The van der Waals surface area contributed by atoms with Crippen molar-refractivity contribution in [1.29, 1.82) is 0 Å². The molecule has 0 heterocycles. The van der Waals surface area contributed by atoms with Gasteiger partial charge >= 0.3 is 0 Å². The minimum atomic E-state index is 0.155. The minimum absolute atomic E-state index is 0.155. The smallest absolute Gasteiger partial charge is 0.0503 e. The van der Waals surface area contributed by atoms with Crippen molar-refractivity contribution in [3.05, 3.63) is 70.3 Å². The Kier molecular flexibility index (Phi) is 4.35. The molecule has 0 saturated heterocycles. The topological polar surface area (TPSA) is 38.0 Å². The average molecular weight is 254 g/mol. The highest BCUT2D eigenvalue weighted by Gasteiger charge is 2.13. The fourth-order valence-electron chi connectivity index (χ4n) is 2.37. The Morgan fingerprint density at radius 2 is 1.68 bits per heavy atom. The van der Waals surface area contributed by atoms with Crippen molar-refractivity contribution in [3.63, 3.8) is 0 Å². The molecule has 2 aromatic carbocycles. The number of benzene rings is 2. The van der Waals surface area contributed by atoms with E-state index in [1.165, 1.54) is 27.8 Å². The van der Waals surface area contributed by atoms with Crippen molar-refractivity contribution < 1.29 is 0 Å². The number of nitrogens with two attached hydrogens (primary N) is 1. The second-order valence-corrected chi connectivity index (χ2v) is 5.20. The molecule has 2 heteroatoms. The maximum absolute atomic E-state index is 5.75. The Labute approximate surface area is 115 Å². The van der Waals surface area contributed by atoms with E-state index in [4.69, 9.17) is 5.84 Å². The zero-order valence-corrected chi connectivity index (χ0v) is 11.9. The van der Waals surface area contributed by atoms with E-state index < -0.39 is 0 Å². The van der Waals surface area contributed by atoms with Gasteiger partial charge in [-0.15, -0.1) is 0 Å². The Hall–Kier alpha value is -1.64. The number of aryl methyl sites for hydroxylation is 2. The van der Waals surface area contributed by atoms with E-state index >= 15 is 0 Å². The van der Waals surface area contributed by atoms with E-state index in [-0.39, 0.29) is 6.04 Å². The highest BCUT2D eigenvalue weighted by atomic mass is 15.2. The first-order valence-electron chi connectivity index (χ1n) is 6.69. The molecule has 0 aliphatic rings. The summed E-state index contributed by atoms with van der Waals surface area (Å²) in [5, 5.41) is 0. The van der Waals surface area contributed by atoms with Gasteiger partial charge in [-0.25, -0.2) is 0 Å². The molecule has 2 rings (SSSR count). The average Bonchev–Trinajstić information content (AvgIpc) is 2.42. The zero-order chi connectivity index (χ0) is 13.8. The lowest BCUT2D eigenvalue weighted by atomic mass is 9.93. The molecule has 19 heavy (non-hydrogen) atoms. The fraction of sp³-hybridized carbons (Fsp3) is 0.294. The third kappa shape index (κ3) is 3.22. The molecular weight excluding hydrogens is 232 g/mol. The SMILES string of the molecule is Cc1ccc(CC(NN)c2cccc(C)c2C)cc1. The number of rotatable bonds is 4. The normalized spacial score (nSPS) is 12.4. The second-order valence-electron chi connectivity index (χ2n) is 5.20. The van der Waals surface area contributed by atoms with Crippen LogP contribution in [0.3, 0.4) is 0 Å². The van der Waals surface area contributed by atoms with Crippen LogP contribution in [-0.4, -0.2) is 0 Å². The van der Waals surface area contributed by atoms with Crippen LogP contribution in [0, 0.1) is 20.8 Å². The largest absolute Gasteiger partial charge is 0.271 e. The predicted molar refractivity (Wildman–Crippen MR) is 80.9 cm³/mol. The molecule has 0 radical (unpaired) electrons. The molecule has 0 aliphatic heterocycles. The van der Waals surface area contributed by atoms with Crippen LogP contribution in [0.2, 0.25) is 0 Å². The molecule has 100 valence electrons. The summed E-state index contributed by atoms with van der Waals surface area (Å²) in [4.78, 5) is 0. The Bertz CT molecular complexity index is 544. The number of hydrazine groups is 1. The molecule has 1 unspecified atom stereocenters. The fourth-order valence-corrected chi connectivity index (χ4v) is 2.37. The van der Waals surface area contributed by atoms with E-state index in [0.29, 0.717) is 0 Å². The van der Waals surface area contributed by atoms with Gasteiger partial charge in [0, 0.05) is 0 Å². The highest BCUT2D eigenvalue weighted by molar-refractivity contribution is 5.36. The first-order valence-corrected chi connectivity index (χ1v) is 6.69. The van der Waals surface area contributed by atoms with Gasteiger partial charge in [0.05, 0.1) is 6.04 Å². The van der Waals surface area contributed by atoms with Crippen LogP contribution in [0.25, 0.3) is 0 Å². The molecule has 0 fully saturated rings. The van der Waals surface area contributed by atoms with Gasteiger partial charge in [0.25, 0.3) is 0 Å². The van der Waals surface area contributed by atoms with E-state index in [9.17, 15) is 0 Å². The monoisotopic (exact) mass is 254 g/mol. The maximum atomic E-state index is 5.75. The third-order valence-electron chi connectivity index (χ3n) is 3.78. The third-order valence-corrected chi connectivity index (χ3v) is 3.78. The lowest BCUT2D eigenvalue weighted by molar-refractivity contribution is 0.549.